The number of rotatable bonds is 58. The molecule has 1 N–H and O–H groups in total. The van der Waals surface area contributed by atoms with Crippen LogP contribution in [0.2, 0.25) is 0 Å². The van der Waals surface area contributed by atoms with Gasteiger partial charge in [0.2, 0.25) is 0 Å². The lowest BCUT2D eigenvalue weighted by molar-refractivity contribution is -0.870. The third-order valence-corrected chi connectivity index (χ3v) is 14.5. The lowest BCUT2D eigenvalue weighted by Gasteiger charge is -2.24. The first kappa shape index (κ1) is 75.7. The molecule has 0 aliphatic heterocycles. The van der Waals surface area contributed by atoms with Crippen LogP contribution >= 0.6 is 7.82 Å². The van der Waals surface area contributed by atoms with Crippen molar-refractivity contribution < 1.29 is 42.1 Å². The summed E-state index contributed by atoms with van der Waals surface area (Å²) in [4.78, 5) is 35.7. The fourth-order valence-electron chi connectivity index (χ4n) is 8.60. The zero-order valence-corrected chi connectivity index (χ0v) is 52.5. The third kappa shape index (κ3) is 63.7. The van der Waals surface area contributed by atoms with Gasteiger partial charge in [-0.3, -0.25) is 18.6 Å². The summed E-state index contributed by atoms with van der Waals surface area (Å²) in [5.41, 5.74) is 0. The minimum Gasteiger partial charge on any atom is -0.462 e. The largest absolute Gasteiger partial charge is 0.472 e. The van der Waals surface area contributed by atoms with Crippen molar-refractivity contribution in [3.63, 3.8) is 0 Å². The summed E-state index contributed by atoms with van der Waals surface area (Å²) >= 11 is 0. The Morgan fingerprint density at radius 3 is 1.08 bits per heavy atom. The maximum Gasteiger partial charge on any atom is 0.472 e. The molecule has 9 nitrogen and oxygen atoms in total. The second kappa shape index (κ2) is 59.3. The summed E-state index contributed by atoms with van der Waals surface area (Å²) in [7, 11) is 1.47. The molecule has 2 unspecified atom stereocenters. The van der Waals surface area contributed by atoms with Crippen LogP contribution in [0.3, 0.4) is 0 Å². The minimum absolute atomic E-state index is 0.0269. The van der Waals surface area contributed by atoms with Gasteiger partial charge in [-0.2, -0.15) is 0 Å². The number of quaternary nitrogens is 1. The van der Waals surface area contributed by atoms with Gasteiger partial charge >= 0.3 is 19.8 Å². The van der Waals surface area contributed by atoms with Crippen LogP contribution in [0.5, 0.6) is 0 Å². The second-order valence-electron chi connectivity index (χ2n) is 22.4. The molecule has 454 valence electrons. The standard InChI is InChI=1S/C69H120NO8P/c1-6-8-10-12-14-16-18-20-22-23-24-25-26-27-28-29-30-31-32-33-34-35-36-37-38-39-40-41-42-43-44-45-46-47-48-50-52-54-56-58-60-62-69(72)78-67(66-77-79(73,74)76-64-63-70(3,4)5)65-75-68(71)61-59-57-55-53-51-49-21-19-17-15-13-11-9-7-2/h8,10,13-16,19-22,24-25,27-28,30-31,33-34,67H,6-7,9,11-12,17-18,23,26,29,32,35-66H2,1-5H3/p+1/b10-8-,15-13-,16-14-,21-19-,22-20-,25-24-,28-27-,31-30-,34-33-. The van der Waals surface area contributed by atoms with Crippen LogP contribution in [-0.2, 0) is 32.7 Å². The number of phosphoric ester groups is 1. The van der Waals surface area contributed by atoms with Crippen molar-refractivity contribution in [2.45, 2.75) is 270 Å². The van der Waals surface area contributed by atoms with Crippen molar-refractivity contribution in [2.24, 2.45) is 0 Å². The molecule has 0 aromatic heterocycles. The van der Waals surface area contributed by atoms with E-state index in [1.807, 2.05) is 21.1 Å². The van der Waals surface area contributed by atoms with E-state index in [0.29, 0.717) is 17.4 Å². The highest BCUT2D eigenvalue weighted by Crippen LogP contribution is 2.43. The number of carbonyl (C=O) groups is 2. The molecule has 0 rings (SSSR count). The van der Waals surface area contributed by atoms with E-state index in [9.17, 15) is 19.0 Å². The molecule has 0 saturated carbocycles. The van der Waals surface area contributed by atoms with Crippen LogP contribution in [0.1, 0.15) is 264 Å². The lowest BCUT2D eigenvalue weighted by atomic mass is 10.0. The van der Waals surface area contributed by atoms with Crippen LogP contribution in [0.25, 0.3) is 0 Å². The number of likely N-dealkylation sites (N-methyl/N-ethyl adjacent to an activating group) is 1. The molecule has 0 aromatic carbocycles. The summed E-state index contributed by atoms with van der Waals surface area (Å²) in [6, 6.07) is 0. The molecule has 0 aromatic rings. The average molecular weight is 1120 g/mol. The molecular weight excluding hydrogens is 1000 g/mol. The van der Waals surface area contributed by atoms with Crippen molar-refractivity contribution in [2.75, 3.05) is 47.5 Å². The molecule has 0 heterocycles. The van der Waals surface area contributed by atoms with Crippen molar-refractivity contribution in [3.8, 4) is 0 Å². The summed E-state index contributed by atoms with van der Waals surface area (Å²) in [5.74, 6) is -0.811. The van der Waals surface area contributed by atoms with E-state index in [-0.39, 0.29) is 32.0 Å². The van der Waals surface area contributed by atoms with Crippen molar-refractivity contribution in [3.05, 3.63) is 109 Å². The summed E-state index contributed by atoms with van der Waals surface area (Å²) in [5, 5.41) is 0. The molecule has 0 aliphatic carbocycles. The summed E-state index contributed by atoms with van der Waals surface area (Å²) < 4.78 is 34.5. The number of unbranched alkanes of at least 4 members (excludes halogenated alkanes) is 26. The Labute approximate surface area is 486 Å². The molecule has 0 fully saturated rings. The van der Waals surface area contributed by atoms with Crippen molar-refractivity contribution in [1.82, 2.24) is 0 Å². The number of ether oxygens (including phenoxy) is 2. The van der Waals surface area contributed by atoms with E-state index in [2.05, 4.69) is 123 Å². The topological polar surface area (TPSA) is 108 Å². The van der Waals surface area contributed by atoms with Gasteiger partial charge in [0.1, 0.15) is 19.8 Å². The third-order valence-electron chi connectivity index (χ3n) is 13.5. The van der Waals surface area contributed by atoms with Crippen LogP contribution < -0.4 is 0 Å². The van der Waals surface area contributed by atoms with E-state index < -0.39 is 26.5 Å². The number of esters is 2. The number of allylic oxidation sites excluding steroid dienone is 18. The minimum atomic E-state index is -4.39. The molecular formula is C69H121NO8P+. The van der Waals surface area contributed by atoms with Gasteiger partial charge in [0.15, 0.2) is 6.10 Å². The van der Waals surface area contributed by atoms with Crippen LogP contribution in [0.4, 0.5) is 0 Å². The number of hydrogen-bond donors (Lipinski definition) is 1. The first-order valence-electron chi connectivity index (χ1n) is 32.1. The van der Waals surface area contributed by atoms with E-state index in [0.717, 1.165) is 109 Å². The van der Waals surface area contributed by atoms with Crippen molar-refractivity contribution >= 4 is 19.8 Å². The maximum atomic E-state index is 12.8. The SMILES string of the molecule is CC/C=C\C/C=C\C/C=C\C/C=C\C/C=C\C/C=C\C/C=C\CCCCCCCCCCCCCCCCCCCCCC(=O)OC(COC(=O)CCCCCCC/C=C\C/C=C\CCCC)COP(=O)(O)OCC[N+](C)(C)C. The zero-order chi connectivity index (χ0) is 57.7. The Kier molecular flexibility index (Phi) is 56.8. The maximum absolute atomic E-state index is 12.8. The number of phosphoric acid groups is 1. The Balaban J connectivity index is 3.95. The van der Waals surface area contributed by atoms with Gasteiger partial charge in [-0.1, -0.05) is 264 Å². The molecule has 10 heteroatoms. The van der Waals surface area contributed by atoms with Crippen molar-refractivity contribution in [1.29, 1.82) is 0 Å². The predicted molar refractivity (Wildman–Crippen MR) is 339 cm³/mol. The Bertz CT molecular complexity index is 1700. The van der Waals surface area contributed by atoms with Gasteiger partial charge in [0, 0.05) is 12.8 Å². The molecule has 0 amide bonds. The van der Waals surface area contributed by atoms with Gasteiger partial charge in [0.05, 0.1) is 27.7 Å². The van der Waals surface area contributed by atoms with Gasteiger partial charge in [0.25, 0.3) is 0 Å². The molecule has 0 bridgehead atoms. The molecule has 0 saturated heterocycles. The molecule has 2 atom stereocenters. The predicted octanol–water partition coefficient (Wildman–Crippen LogP) is 20.5. The summed E-state index contributed by atoms with van der Waals surface area (Å²) in [6.07, 6.45) is 83.3. The fraction of sp³-hybridized carbons (Fsp3) is 0.710. The number of hydrogen-bond acceptors (Lipinski definition) is 7. The lowest BCUT2D eigenvalue weighted by Crippen LogP contribution is -2.37. The highest BCUT2D eigenvalue weighted by atomic mass is 31.2. The number of carbonyl (C=O) groups excluding carboxylic acids is 2. The molecule has 0 spiro atoms. The van der Waals surface area contributed by atoms with Gasteiger partial charge < -0.3 is 18.9 Å². The van der Waals surface area contributed by atoms with Gasteiger partial charge in [-0.05, 0) is 96.3 Å². The quantitative estimate of drug-likeness (QED) is 0.0211. The van der Waals surface area contributed by atoms with E-state index in [1.165, 1.54) is 122 Å². The monoisotopic (exact) mass is 1120 g/mol. The highest BCUT2D eigenvalue weighted by Gasteiger charge is 2.27. The highest BCUT2D eigenvalue weighted by molar-refractivity contribution is 7.47. The van der Waals surface area contributed by atoms with Gasteiger partial charge in [-0.15, -0.1) is 0 Å². The van der Waals surface area contributed by atoms with E-state index >= 15 is 0 Å². The second-order valence-corrected chi connectivity index (χ2v) is 23.9. The van der Waals surface area contributed by atoms with Crippen LogP contribution in [0.15, 0.2) is 109 Å². The van der Waals surface area contributed by atoms with Crippen LogP contribution in [0, 0.1) is 0 Å². The molecule has 0 radical (unpaired) electrons. The average Bonchev–Trinajstić information content (AvgIpc) is 3.41. The smallest absolute Gasteiger partial charge is 0.462 e. The van der Waals surface area contributed by atoms with Crippen LogP contribution in [-0.4, -0.2) is 74.9 Å². The summed E-state index contributed by atoms with van der Waals surface area (Å²) in [6.45, 7) is 4.27. The zero-order valence-electron chi connectivity index (χ0n) is 51.6. The van der Waals surface area contributed by atoms with Gasteiger partial charge in [-0.25, -0.2) is 4.57 Å². The molecule has 0 aliphatic rings. The normalized spacial score (nSPS) is 13.9. The first-order valence-corrected chi connectivity index (χ1v) is 33.6. The number of nitrogens with zero attached hydrogens (tertiary/aromatic N) is 1. The van der Waals surface area contributed by atoms with E-state index in [4.69, 9.17) is 18.5 Å². The Morgan fingerprint density at radius 2 is 0.722 bits per heavy atom. The Morgan fingerprint density at radius 1 is 0.405 bits per heavy atom. The first-order chi connectivity index (χ1) is 38.5. The van der Waals surface area contributed by atoms with E-state index in [1.54, 1.807) is 0 Å². The molecule has 79 heavy (non-hydrogen) atoms. The Hall–Kier alpha value is -3.33. The fourth-order valence-corrected chi connectivity index (χ4v) is 9.34.